The maximum atomic E-state index is 13.3. The third kappa shape index (κ3) is 3.34. The molecule has 0 bridgehead atoms. The van der Waals surface area contributed by atoms with Gasteiger partial charge in [-0.25, -0.2) is 13.1 Å². The second-order valence-corrected chi connectivity index (χ2v) is 6.04. The molecule has 0 unspecified atom stereocenters. The van der Waals surface area contributed by atoms with E-state index in [1.54, 1.807) is 0 Å². The average Bonchev–Trinajstić information content (AvgIpc) is 2.25. The molecule has 0 aliphatic heterocycles. The fraction of sp³-hybridized carbons (Fsp3) is 0.111. The summed E-state index contributed by atoms with van der Waals surface area (Å²) in [4.78, 5) is 8.88. The normalized spacial score (nSPS) is 11.2. The van der Waals surface area contributed by atoms with Gasteiger partial charge in [0.05, 0.1) is 4.92 Å². The van der Waals surface area contributed by atoms with Crippen LogP contribution in [0.5, 0.6) is 0 Å². The van der Waals surface area contributed by atoms with Gasteiger partial charge in [0.25, 0.3) is 0 Å². The highest BCUT2D eigenvalue weighted by Crippen LogP contribution is 2.26. The Bertz CT molecular complexity index is 603. The average molecular weight is 339 g/mol. The number of sulfonamides is 1. The summed E-state index contributed by atoms with van der Waals surface area (Å²) in [5, 5.41) is 10.7. The summed E-state index contributed by atoms with van der Waals surface area (Å²) < 4.78 is 39.2. The van der Waals surface area contributed by atoms with Crippen molar-refractivity contribution in [3.05, 3.63) is 45.2 Å². The summed E-state index contributed by atoms with van der Waals surface area (Å²) in [6, 6.07) is 2.86. The molecular formula is C9H8BrFN2O4S. The van der Waals surface area contributed by atoms with Gasteiger partial charge in [0, 0.05) is 11.0 Å². The van der Waals surface area contributed by atoms with E-state index in [2.05, 4.69) is 27.2 Å². The molecule has 0 atom stereocenters. The minimum atomic E-state index is -4.18. The largest absolute Gasteiger partial charge is 0.324 e. The third-order valence-electron chi connectivity index (χ3n) is 1.88. The number of nitro groups is 1. The third-order valence-corrected chi connectivity index (χ3v) is 3.59. The number of nitro benzene ring substituents is 1. The van der Waals surface area contributed by atoms with Crippen LogP contribution in [-0.4, -0.2) is 19.9 Å². The Hall–Kier alpha value is -1.32. The van der Waals surface area contributed by atoms with Gasteiger partial charge in [-0.1, -0.05) is 28.6 Å². The number of halogens is 2. The lowest BCUT2D eigenvalue weighted by Crippen LogP contribution is -2.25. The number of rotatable bonds is 5. The highest BCUT2D eigenvalue weighted by atomic mass is 79.9. The SMILES string of the molecule is C=C(Br)CNS(=O)(=O)c1cccc(F)c1[N+](=O)[O-]. The zero-order valence-electron chi connectivity index (χ0n) is 8.89. The number of hydrogen-bond acceptors (Lipinski definition) is 4. The molecule has 0 fully saturated rings. The molecule has 1 aromatic rings. The van der Waals surface area contributed by atoms with Crippen LogP contribution in [0.4, 0.5) is 10.1 Å². The molecule has 1 N–H and O–H groups in total. The van der Waals surface area contributed by atoms with Crippen LogP contribution in [0.25, 0.3) is 0 Å². The van der Waals surface area contributed by atoms with Gasteiger partial charge in [-0.3, -0.25) is 10.1 Å². The Kier molecular flexibility index (Phi) is 4.54. The summed E-state index contributed by atoms with van der Waals surface area (Å²) >= 11 is 2.93. The molecule has 9 heteroatoms. The van der Waals surface area contributed by atoms with E-state index < -0.39 is 31.3 Å². The standard InChI is InChI=1S/C9H8BrFN2O4S/c1-6(10)5-12-18(16,17)8-4-2-3-7(11)9(8)13(14)15/h2-4,12H,1,5H2. The molecule has 0 radical (unpaired) electrons. The quantitative estimate of drug-likeness (QED) is 0.656. The van der Waals surface area contributed by atoms with Crippen molar-refractivity contribution in [1.82, 2.24) is 4.72 Å². The van der Waals surface area contributed by atoms with Crippen LogP contribution >= 0.6 is 15.9 Å². The van der Waals surface area contributed by atoms with Crippen molar-refractivity contribution in [1.29, 1.82) is 0 Å². The van der Waals surface area contributed by atoms with E-state index >= 15 is 0 Å². The minimum absolute atomic E-state index is 0.157. The van der Waals surface area contributed by atoms with Gasteiger partial charge in [0.1, 0.15) is 0 Å². The molecule has 0 aliphatic carbocycles. The van der Waals surface area contributed by atoms with E-state index in [4.69, 9.17) is 0 Å². The van der Waals surface area contributed by atoms with Crippen LogP contribution in [0.15, 0.2) is 34.2 Å². The fourth-order valence-electron chi connectivity index (χ4n) is 1.14. The predicted octanol–water partition coefficient (Wildman–Crippen LogP) is 1.92. The van der Waals surface area contributed by atoms with E-state index in [0.717, 1.165) is 18.2 Å². The summed E-state index contributed by atoms with van der Waals surface area (Å²) in [5.74, 6) is -1.21. The van der Waals surface area contributed by atoms with Gasteiger partial charge in [-0.15, -0.1) is 0 Å². The zero-order chi connectivity index (χ0) is 13.9. The van der Waals surface area contributed by atoms with E-state index in [1.807, 2.05) is 0 Å². The highest BCUT2D eigenvalue weighted by molar-refractivity contribution is 9.11. The van der Waals surface area contributed by atoms with Gasteiger partial charge in [-0.05, 0) is 12.1 Å². The van der Waals surface area contributed by atoms with Crippen LogP contribution in [0, 0.1) is 15.9 Å². The Morgan fingerprint density at radius 3 is 2.67 bits per heavy atom. The van der Waals surface area contributed by atoms with Crippen molar-refractivity contribution < 1.29 is 17.7 Å². The van der Waals surface area contributed by atoms with Gasteiger partial charge >= 0.3 is 5.69 Å². The molecule has 0 saturated carbocycles. The van der Waals surface area contributed by atoms with Crippen LogP contribution < -0.4 is 4.72 Å². The molecule has 0 aliphatic rings. The predicted molar refractivity (Wildman–Crippen MR) is 66.3 cm³/mol. The topological polar surface area (TPSA) is 89.3 Å². The zero-order valence-corrected chi connectivity index (χ0v) is 11.3. The lowest BCUT2D eigenvalue weighted by Gasteiger charge is -2.06. The number of nitrogens with zero attached hydrogens (tertiary/aromatic N) is 1. The number of para-hydroxylation sites is 1. The van der Waals surface area contributed by atoms with Crippen molar-refractivity contribution in [3.63, 3.8) is 0 Å². The monoisotopic (exact) mass is 338 g/mol. The minimum Gasteiger partial charge on any atom is -0.258 e. The van der Waals surface area contributed by atoms with Crippen molar-refractivity contribution in [2.24, 2.45) is 0 Å². The molecule has 6 nitrogen and oxygen atoms in total. The molecule has 0 spiro atoms. The first kappa shape index (κ1) is 14.7. The Morgan fingerprint density at radius 1 is 1.56 bits per heavy atom. The summed E-state index contributed by atoms with van der Waals surface area (Å²) in [7, 11) is -4.18. The summed E-state index contributed by atoms with van der Waals surface area (Å²) in [5.41, 5.74) is -1.08. The first-order valence-electron chi connectivity index (χ1n) is 4.51. The highest BCUT2D eigenvalue weighted by Gasteiger charge is 2.28. The first-order chi connectivity index (χ1) is 8.25. The molecular weight excluding hydrogens is 331 g/mol. The molecule has 1 rings (SSSR count). The van der Waals surface area contributed by atoms with Crippen LogP contribution in [0.1, 0.15) is 0 Å². The van der Waals surface area contributed by atoms with Crippen molar-refractivity contribution >= 4 is 31.6 Å². The number of hydrogen-bond donors (Lipinski definition) is 1. The first-order valence-corrected chi connectivity index (χ1v) is 6.79. The van der Waals surface area contributed by atoms with Crippen LogP contribution in [0.2, 0.25) is 0 Å². The van der Waals surface area contributed by atoms with Gasteiger partial charge in [-0.2, -0.15) is 4.39 Å². The molecule has 0 saturated heterocycles. The summed E-state index contributed by atoms with van der Waals surface area (Å²) in [6.07, 6.45) is 0. The molecule has 0 aromatic heterocycles. The van der Waals surface area contributed by atoms with E-state index in [9.17, 15) is 22.9 Å². The lowest BCUT2D eigenvalue weighted by molar-refractivity contribution is -0.390. The Morgan fingerprint density at radius 2 is 2.17 bits per heavy atom. The molecule has 0 amide bonds. The van der Waals surface area contributed by atoms with Gasteiger partial charge < -0.3 is 0 Å². The van der Waals surface area contributed by atoms with Crippen LogP contribution in [0.3, 0.4) is 0 Å². The van der Waals surface area contributed by atoms with Crippen molar-refractivity contribution in [2.45, 2.75) is 4.90 Å². The molecule has 98 valence electrons. The smallest absolute Gasteiger partial charge is 0.258 e. The maximum absolute atomic E-state index is 13.3. The Labute approximate surface area is 111 Å². The Balaban J connectivity index is 3.28. The van der Waals surface area contributed by atoms with Crippen molar-refractivity contribution in [2.75, 3.05) is 6.54 Å². The van der Waals surface area contributed by atoms with Gasteiger partial charge in [0.15, 0.2) is 4.90 Å². The number of benzene rings is 1. The van der Waals surface area contributed by atoms with E-state index in [0.29, 0.717) is 4.48 Å². The summed E-state index contributed by atoms with van der Waals surface area (Å²) in [6.45, 7) is 3.25. The van der Waals surface area contributed by atoms with Gasteiger partial charge in [0.2, 0.25) is 15.8 Å². The molecule has 0 heterocycles. The van der Waals surface area contributed by atoms with E-state index in [-0.39, 0.29) is 6.54 Å². The van der Waals surface area contributed by atoms with E-state index in [1.165, 1.54) is 0 Å². The lowest BCUT2D eigenvalue weighted by atomic mass is 10.3. The molecule has 1 aromatic carbocycles. The fourth-order valence-corrected chi connectivity index (χ4v) is 2.67. The van der Waals surface area contributed by atoms with Crippen molar-refractivity contribution in [3.8, 4) is 0 Å². The second kappa shape index (κ2) is 5.55. The molecule has 18 heavy (non-hydrogen) atoms. The van der Waals surface area contributed by atoms with Crippen LogP contribution in [-0.2, 0) is 10.0 Å². The maximum Gasteiger partial charge on any atom is 0.324 e. The number of nitrogens with one attached hydrogen (secondary N) is 1. The second-order valence-electron chi connectivity index (χ2n) is 3.19.